The van der Waals surface area contributed by atoms with Crippen LogP contribution in [-0.2, 0) is 0 Å². The second-order valence-corrected chi connectivity index (χ2v) is 7.71. The van der Waals surface area contributed by atoms with Gasteiger partial charge in [0, 0.05) is 35.6 Å². The molecule has 0 saturated heterocycles. The van der Waals surface area contributed by atoms with Gasteiger partial charge in [0.05, 0.1) is 6.04 Å². The molecule has 0 heterocycles. The highest BCUT2D eigenvalue weighted by Gasteiger charge is 2.19. The maximum absolute atomic E-state index is 13.1. The van der Waals surface area contributed by atoms with Crippen molar-refractivity contribution in [2.75, 3.05) is 23.3 Å². The molecule has 0 fully saturated rings. The highest BCUT2D eigenvalue weighted by atomic mass is 19.1. The van der Waals surface area contributed by atoms with Gasteiger partial charge in [0.1, 0.15) is 5.82 Å². The topological polar surface area (TPSA) is 61.4 Å². The lowest BCUT2D eigenvalue weighted by atomic mass is 10.0. The molecule has 0 aromatic heterocycles. The normalized spacial score (nSPS) is 11.5. The van der Waals surface area contributed by atoms with Crippen molar-refractivity contribution in [1.29, 1.82) is 0 Å². The molecule has 0 bridgehead atoms. The van der Waals surface area contributed by atoms with Gasteiger partial charge in [-0.05, 0) is 74.4 Å². The zero-order valence-corrected chi connectivity index (χ0v) is 19.3. The molecule has 5 nitrogen and oxygen atoms in total. The SMILES string of the molecule is CCC(NC(=O)c1cccc(NC(=O)c2ccc(F)cc2)c1)c1ccccc1N(CC)CC. The van der Waals surface area contributed by atoms with Crippen molar-refractivity contribution >= 4 is 23.2 Å². The van der Waals surface area contributed by atoms with Crippen LogP contribution >= 0.6 is 0 Å². The van der Waals surface area contributed by atoms with Crippen LogP contribution in [0.15, 0.2) is 72.8 Å². The predicted octanol–water partition coefficient (Wildman–Crippen LogP) is 5.81. The summed E-state index contributed by atoms with van der Waals surface area (Å²) in [4.78, 5) is 27.8. The summed E-state index contributed by atoms with van der Waals surface area (Å²) in [5.41, 5.74) is 3.48. The summed E-state index contributed by atoms with van der Waals surface area (Å²) in [5, 5.41) is 5.90. The minimum absolute atomic E-state index is 0.147. The zero-order chi connectivity index (χ0) is 23.8. The van der Waals surface area contributed by atoms with Crippen LogP contribution in [0, 0.1) is 5.82 Å². The molecule has 0 aliphatic heterocycles. The van der Waals surface area contributed by atoms with Gasteiger partial charge in [0.15, 0.2) is 0 Å². The molecule has 0 saturated carbocycles. The van der Waals surface area contributed by atoms with Crippen molar-refractivity contribution in [2.45, 2.75) is 33.2 Å². The lowest BCUT2D eigenvalue weighted by Gasteiger charge is -2.28. The smallest absolute Gasteiger partial charge is 0.255 e. The van der Waals surface area contributed by atoms with Crippen LogP contribution in [0.5, 0.6) is 0 Å². The van der Waals surface area contributed by atoms with E-state index in [0.29, 0.717) is 16.8 Å². The quantitative estimate of drug-likeness (QED) is 0.435. The summed E-state index contributed by atoms with van der Waals surface area (Å²) in [6, 6.07) is 20.1. The zero-order valence-electron chi connectivity index (χ0n) is 19.3. The number of amides is 2. The van der Waals surface area contributed by atoms with E-state index in [0.717, 1.165) is 30.8 Å². The standard InChI is InChI=1S/C27H30FN3O2/c1-4-24(23-12-7-8-13-25(23)31(5-2)6-3)30-27(33)20-10-9-11-22(18-20)29-26(32)19-14-16-21(28)17-15-19/h7-18,24H,4-6H2,1-3H3,(H,29,32)(H,30,33). The van der Waals surface area contributed by atoms with Crippen molar-refractivity contribution in [3.63, 3.8) is 0 Å². The molecule has 0 aliphatic rings. The molecule has 3 aromatic carbocycles. The lowest BCUT2D eigenvalue weighted by molar-refractivity contribution is 0.0934. The highest BCUT2D eigenvalue weighted by molar-refractivity contribution is 6.05. The Balaban J connectivity index is 1.76. The number of carbonyl (C=O) groups excluding carboxylic acids is 2. The fraction of sp³-hybridized carbons (Fsp3) is 0.259. The molecule has 6 heteroatoms. The Morgan fingerprint density at radius 2 is 1.55 bits per heavy atom. The fourth-order valence-corrected chi connectivity index (χ4v) is 3.82. The second kappa shape index (κ2) is 11.3. The molecule has 3 aromatic rings. The molecule has 2 amide bonds. The number of para-hydroxylation sites is 1. The van der Waals surface area contributed by atoms with E-state index in [1.807, 2.05) is 19.1 Å². The first kappa shape index (κ1) is 24.0. The Labute approximate surface area is 194 Å². The number of halogens is 1. The first-order valence-corrected chi connectivity index (χ1v) is 11.3. The molecule has 1 unspecified atom stereocenters. The number of carbonyl (C=O) groups is 2. The van der Waals surface area contributed by atoms with E-state index in [1.54, 1.807) is 24.3 Å². The molecule has 1 atom stereocenters. The van der Waals surface area contributed by atoms with Gasteiger partial charge in [0.25, 0.3) is 11.8 Å². The Morgan fingerprint density at radius 1 is 0.848 bits per heavy atom. The van der Waals surface area contributed by atoms with E-state index in [-0.39, 0.29) is 17.9 Å². The van der Waals surface area contributed by atoms with Gasteiger partial charge in [-0.2, -0.15) is 0 Å². The number of hydrogen-bond acceptors (Lipinski definition) is 3. The summed E-state index contributed by atoms with van der Waals surface area (Å²) in [6.07, 6.45) is 0.741. The van der Waals surface area contributed by atoms with Crippen molar-refractivity contribution in [2.24, 2.45) is 0 Å². The molecule has 0 aliphatic carbocycles. The summed E-state index contributed by atoms with van der Waals surface area (Å²) < 4.78 is 13.1. The van der Waals surface area contributed by atoms with Crippen molar-refractivity contribution < 1.29 is 14.0 Å². The molecule has 33 heavy (non-hydrogen) atoms. The van der Waals surface area contributed by atoms with E-state index in [2.05, 4.69) is 41.5 Å². The minimum Gasteiger partial charge on any atom is -0.372 e. The van der Waals surface area contributed by atoms with Crippen LogP contribution in [0.3, 0.4) is 0 Å². The third-order valence-corrected chi connectivity index (χ3v) is 5.62. The third-order valence-electron chi connectivity index (χ3n) is 5.62. The summed E-state index contributed by atoms with van der Waals surface area (Å²) in [7, 11) is 0. The largest absolute Gasteiger partial charge is 0.372 e. The van der Waals surface area contributed by atoms with Crippen LogP contribution in [0.2, 0.25) is 0 Å². The minimum atomic E-state index is -0.404. The Kier molecular flexibility index (Phi) is 8.19. The third kappa shape index (κ3) is 5.98. The van der Waals surface area contributed by atoms with Gasteiger partial charge >= 0.3 is 0 Å². The number of nitrogens with one attached hydrogen (secondary N) is 2. The molecule has 3 rings (SSSR count). The predicted molar refractivity (Wildman–Crippen MR) is 131 cm³/mol. The molecule has 172 valence electrons. The summed E-state index contributed by atoms with van der Waals surface area (Å²) in [5.74, 6) is -0.987. The van der Waals surface area contributed by atoms with Crippen LogP contribution < -0.4 is 15.5 Å². The van der Waals surface area contributed by atoms with Gasteiger partial charge < -0.3 is 15.5 Å². The van der Waals surface area contributed by atoms with E-state index in [9.17, 15) is 14.0 Å². The average Bonchev–Trinajstić information content (AvgIpc) is 2.84. The molecule has 0 spiro atoms. The van der Waals surface area contributed by atoms with E-state index < -0.39 is 5.82 Å². The van der Waals surface area contributed by atoms with Crippen molar-refractivity contribution in [3.05, 3.63) is 95.3 Å². The number of hydrogen-bond donors (Lipinski definition) is 2. The Hall–Kier alpha value is -3.67. The van der Waals surface area contributed by atoms with Gasteiger partial charge in [0.2, 0.25) is 0 Å². The van der Waals surface area contributed by atoms with Gasteiger partial charge in [-0.15, -0.1) is 0 Å². The average molecular weight is 448 g/mol. The number of nitrogens with zero attached hydrogens (tertiary/aromatic N) is 1. The number of benzene rings is 3. The molecule has 2 N–H and O–H groups in total. The van der Waals surface area contributed by atoms with E-state index in [4.69, 9.17) is 0 Å². The molecular formula is C27H30FN3O2. The number of rotatable bonds is 9. The molecule has 0 radical (unpaired) electrons. The highest BCUT2D eigenvalue weighted by Crippen LogP contribution is 2.28. The van der Waals surface area contributed by atoms with E-state index in [1.165, 1.54) is 24.3 Å². The monoisotopic (exact) mass is 447 g/mol. The van der Waals surface area contributed by atoms with Gasteiger partial charge in [-0.25, -0.2) is 4.39 Å². The van der Waals surface area contributed by atoms with Crippen LogP contribution in [0.25, 0.3) is 0 Å². The van der Waals surface area contributed by atoms with E-state index >= 15 is 0 Å². The second-order valence-electron chi connectivity index (χ2n) is 7.71. The van der Waals surface area contributed by atoms with Crippen LogP contribution in [0.4, 0.5) is 15.8 Å². The lowest BCUT2D eigenvalue weighted by Crippen LogP contribution is -2.31. The fourth-order valence-electron chi connectivity index (χ4n) is 3.82. The van der Waals surface area contributed by atoms with Crippen molar-refractivity contribution in [1.82, 2.24) is 5.32 Å². The first-order valence-electron chi connectivity index (χ1n) is 11.3. The Bertz CT molecular complexity index is 1090. The van der Waals surface area contributed by atoms with Gasteiger partial charge in [-0.1, -0.05) is 31.2 Å². The maximum atomic E-state index is 13.1. The summed E-state index contributed by atoms with van der Waals surface area (Å²) >= 11 is 0. The number of anilines is 2. The first-order chi connectivity index (χ1) is 16.0. The summed E-state index contributed by atoms with van der Waals surface area (Å²) in [6.45, 7) is 8.04. The van der Waals surface area contributed by atoms with Crippen LogP contribution in [0.1, 0.15) is 59.5 Å². The van der Waals surface area contributed by atoms with Gasteiger partial charge in [-0.3, -0.25) is 9.59 Å². The van der Waals surface area contributed by atoms with Crippen molar-refractivity contribution in [3.8, 4) is 0 Å². The van der Waals surface area contributed by atoms with Crippen LogP contribution in [-0.4, -0.2) is 24.9 Å². The molecular weight excluding hydrogens is 417 g/mol. The Morgan fingerprint density at radius 3 is 2.21 bits per heavy atom. The maximum Gasteiger partial charge on any atom is 0.255 e.